The zero-order valence-corrected chi connectivity index (χ0v) is 15.9. The second kappa shape index (κ2) is 8.68. The van der Waals surface area contributed by atoms with Gasteiger partial charge < -0.3 is 10.6 Å². The van der Waals surface area contributed by atoms with Gasteiger partial charge in [-0.05, 0) is 60.5 Å². The molecule has 1 saturated heterocycles. The summed E-state index contributed by atoms with van der Waals surface area (Å²) in [5, 5.41) is 6.55. The van der Waals surface area contributed by atoms with Crippen LogP contribution in [0.3, 0.4) is 0 Å². The predicted octanol–water partition coefficient (Wildman–Crippen LogP) is 3.29. The van der Waals surface area contributed by atoms with Crippen molar-refractivity contribution in [1.82, 2.24) is 15.5 Å². The van der Waals surface area contributed by atoms with Crippen molar-refractivity contribution in [3.05, 3.63) is 70.8 Å². The summed E-state index contributed by atoms with van der Waals surface area (Å²) in [5.41, 5.74) is 4.95. The van der Waals surface area contributed by atoms with Crippen molar-refractivity contribution in [1.29, 1.82) is 0 Å². The molecule has 0 bridgehead atoms. The molecule has 0 radical (unpaired) electrons. The number of fused-ring (bicyclic) bond motifs is 1. The predicted molar refractivity (Wildman–Crippen MR) is 109 cm³/mol. The first kappa shape index (κ1) is 18.2. The monoisotopic (exact) mass is 363 g/mol. The number of carbonyl (C=O) groups excluding carboxylic acids is 1. The van der Waals surface area contributed by atoms with Crippen LogP contribution >= 0.6 is 0 Å². The van der Waals surface area contributed by atoms with Gasteiger partial charge in [0, 0.05) is 38.3 Å². The van der Waals surface area contributed by atoms with Gasteiger partial charge >= 0.3 is 0 Å². The highest BCUT2D eigenvalue weighted by Crippen LogP contribution is 2.24. The zero-order chi connectivity index (χ0) is 18.5. The Hall–Kier alpha value is -2.17. The third-order valence-electron chi connectivity index (χ3n) is 5.76. The lowest BCUT2D eigenvalue weighted by molar-refractivity contribution is 0.0951. The molecular formula is C23H29N3O. The summed E-state index contributed by atoms with van der Waals surface area (Å²) in [6, 6.07) is 16.8. The van der Waals surface area contributed by atoms with Crippen molar-refractivity contribution in [2.24, 2.45) is 0 Å². The fourth-order valence-electron chi connectivity index (χ4n) is 4.24. The third kappa shape index (κ3) is 4.57. The molecule has 2 aromatic rings. The largest absolute Gasteiger partial charge is 0.352 e. The highest BCUT2D eigenvalue weighted by atomic mass is 16.1. The van der Waals surface area contributed by atoms with Gasteiger partial charge in [0.15, 0.2) is 0 Å². The highest BCUT2D eigenvalue weighted by molar-refractivity contribution is 5.94. The van der Waals surface area contributed by atoms with Crippen LogP contribution in [0.4, 0.5) is 0 Å². The molecule has 0 aliphatic carbocycles. The Morgan fingerprint density at radius 2 is 1.93 bits per heavy atom. The van der Waals surface area contributed by atoms with Crippen LogP contribution in [0.2, 0.25) is 0 Å². The molecule has 142 valence electrons. The van der Waals surface area contributed by atoms with E-state index in [1.165, 1.54) is 29.5 Å². The van der Waals surface area contributed by atoms with E-state index in [9.17, 15) is 4.79 Å². The first-order valence-electron chi connectivity index (χ1n) is 10.2. The quantitative estimate of drug-likeness (QED) is 0.774. The summed E-state index contributed by atoms with van der Waals surface area (Å²) >= 11 is 0. The summed E-state index contributed by atoms with van der Waals surface area (Å²) in [4.78, 5) is 15.0. The number of hydrogen-bond acceptors (Lipinski definition) is 3. The van der Waals surface area contributed by atoms with E-state index in [0.29, 0.717) is 5.92 Å². The topological polar surface area (TPSA) is 44.4 Å². The van der Waals surface area contributed by atoms with Crippen LogP contribution in [0.15, 0.2) is 48.5 Å². The second-order valence-corrected chi connectivity index (χ2v) is 7.76. The van der Waals surface area contributed by atoms with Crippen LogP contribution in [0, 0.1) is 0 Å². The van der Waals surface area contributed by atoms with E-state index in [2.05, 4.69) is 51.9 Å². The van der Waals surface area contributed by atoms with Gasteiger partial charge in [0.05, 0.1) is 0 Å². The number of hydrogen-bond donors (Lipinski definition) is 2. The van der Waals surface area contributed by atoms with Gasteiger partial charge in [-0.2, -0.15) is 0 Å². The maximum absolute atomic E-state index is 12.5. The molecular weight excluding hydrogens is 334 g/mol. The van der Waals surface area contributed by atoms with Gasteiger partial charge in [-0.25, -0.2) is 0 Å². The maximum atomic E-state index is 12.5. The van der Waals surface area contributed by atoms with Gasteiger partial charge in [-0.1, -0.05) is 36.4 Å². The molecule has 2 aliphatic rings. The summed E-state index contributed by atoms with van der Waals surface area (Å²) in [6.45, 7) is 5.93. The molecule has 0 saturated carbocycles. The van der Waals surface area contributed by atoms with Gasteiger partial charge in [-0.3, -0.25) is 9.69 Å². The molecule has 1 atom stereocenters. The van der Waals surface area contributed by atoms with Gasteiger partial charge in [0.1, 0.15) is 0 Å². The van der Waals surface area contributed by atoms with Crippen molar-refractivity contribution in [3.63, 3.8) is 0 Å². The summed E-state index contributed by atoms with van der Waals surface area (Å²) in [6.07, 6.45) is 3.39. The third-order valence-corrected chi connectivity index (χ3v) is 5.76. The van der Waals surface area contributed by atoms with E-state index in [1.807, 2.05) is 12.1 Å². The number of piperidine rings is 1. The number of benzene rings is 2. The minimum atomic E-state index is 0.0466. The van der Waals surface area contributed by atoms with Gasteiger partial charge in [0.25, 0.3) is 5.91 Å². The van der Waals surface area contributed by atoms with E-state index < -0.39 is 0 Å². The Kier molecular flexibility index (Phi) is 5.85. The summed E-state index contributed by atoms with van der Waals surface area (Å²) < 4.78 is 0. The Bertz CT molecular complexity index is 758. The average molecular weight is 364 g/mol. The summed E-state index contributed by atoms with van der Waals surface area (Å²) in [7, 11) is 0. The van der Waals surface area contributed by atoms with Crippen molar-refractivity contribution >= 4 is 5.91 Å². The molecule has 0 unspecified atom stereocenters. The maximum Gasteiger partial charge on any atom is 0.251 e. The Morgan fingerprint density at radius 1 is 1.11 bits per heavy atom. The number of nitrogens with zero attached hydrogens (tertiary/aromatic N) is 1. The van der Waals surface area contributed by atoms with Crippen LogP contribution in [0.5, 0.6) is 0 Å². The lowest BCUT2D eigenvalue weighted by atomic mass is 9.90. The lowest BCUT2D eigenvalue weighted by Crippen LogP contribution is -2.29. The Labute approximate surface area is 162 Å². The number of amides is 1. The van der Waals surface area contributed by atoms with E-state index in [4.69, 9.17) is 0 Å². The van der Waals surface area contributed by atoms with E-state index in [0.717, 1.165) is 51.3 Å². The summed E-state index contributed by atoms with van der Waals surface area (Å²) in [5.74, 6) is 0.577. The molecule has 4 heteroatoms. The minimum Gasteiger partial charge on any atom is -0.352 e. The fourth-order valence-corrected chi connectivity index (χ4v) is 4.24. The van der Waals surface area contributed by atoms with E-state index in [-0.39, 0.29) is 5.91 Å². The molecule has 1 fully saturated rings. The Morgan fingerprint density at radius 3 is 2.67 bits per heavy atom. The van der Waals surface area contributed by atoms with Crippen LogP contribution in [0.25, 0.3) is 0 Å². The smallest absolute Gasteiger partial charge is 0.251 e. The average Bonchev–Trinajstić information content (AvgIpc) is 3.15. The second-order valence-electron chi connectivity index (χ2n) is 7.76. The van der Waals surface area contributed by atoms with Crippen LogP contribution < -0.4 is 10.6 Å². The van der Waals surface area contributed by atoms with Crippen LogP contribution in [-0.4, -0.2) is 37.0 Å². The molecule has 2 aromatic carbocycles. The number of carbonyl (C=O) groups is 1. The SMILES string of the molecule is O=C(NCCCN1Cc2ccccc2C1)c1cccc([C@@H]2CCCNC2)c1. The zero-order valence-electron chi connectivity index (χ0n) is 15.9. The molecule has 27 heavy (non-hydrogen) atoms. The number of rotatable bonds is 6. The normalized spacial score (nSPS) is 19.6. The molecule has 2 aliphatic heterocycles. The first-order valence-corrected chi connectivity index (χ1v) is 10.2. The Balaban J connectivity index is 1.23. The van der Waals surface area contributed by atoms with Crippen molar-refractivity contribution in [2.45, 2.75) is 38.3 Å². The number of nitrogens with one attached hydrogen (secondary N) is 2. The molecule has 2 N–H and O–H groups in total. The fraction of sp³-hybridized carbons (Fsp3) is 0.435. The molecule has 2 heterocycles. The molecule has 0 spiro atoms. The lowest BCUT2D eigenvalue weighted by Gasteiger charge is -2.23. The highest BCUT2D eigenvalue weighted by Gasteiger charge is 2.18. The van der Waals surface area contributed by atoms with Crippen molar-refractivity contribution < 1.29 is 4.79 Å². The van der Waals surface area contributed by atoms with E-state index in [1.54, 1.807) is 0 Å². The first-order chi connectivity index (χ1) is 13.3. The van der Waals surface area contributed by atoms with Crippen molar-refractivity contribution in [3.8, 4) is 0 Å². The van der Waals surface area contributed by atoms with Crippen LogP contribution in [-0.2, 0) is 13.1 Å². The minimum absolute atomic E-state index is 0.0466. The van der Waals surface area contributed by atoms with Crippen molar-refractivity contribution in [2.75, 3.05) is 26.2 Å². The standard InChI is InChI=1S/C23H29N3O/c27-23(19-9-3-8-18(14-19)20-10-4-11-24-15-20)25-12-5-13-26-16-21-6-1-2-7-22(21)17-26/h1-3,6-9,14,20,24H,4-5,10-13,15-17H2,(H,25,27)/t20-/m1/s1. The van der Waals surface area contributed by atoms with Gasteiger partial charge in [-0.15, -0.1) is 0 Å². The van der Waals surface area contributed by atoms with Gasteiger partial charge in [0.2, 0.25) is 0 Å². The molecule has 4 rings (SSSR count). The molecule has 1 amide bonds. The van der Waals surface area contributed by atoms with Crippen LogP contribution in [0.1, 0.15) is 52.2 Å². The van der Waals surface area contributed by atoms with E-state index >= 15 is 0 Å². The molecule has 0 aromatic heterocycles. The molecule has 4 nitrogen and oxygen atoms in total.